The van der Waals surface area contributed by atoms with Gasteiger partial charge in [-0.05, 0) is 88.0 Å². The lowest BCUT2D eigenvalue weighted by molar-refractivity contribution is -0.697. The van der Waals surface area contributed by atoms with Crippen molar-refractivity contribution in [1.82, 2.24) is 4.98 Å². The van der Waals surface area contributed by atoms with Gasteiger partial charge in [0, 0.05) is 36.4 Å². The Morgan fingerprint density at radius 1 is 0.537 bits per heavy atom. The second-order valence-corrected chi connectivity index (χ2v) is 12.1. The third-order valence-corrected chi connectivity index (χ3v) is 9.22. The van der Waals surface area contributed by atoms with Crippen LogP contribution in [0.3, 0.4) is 0 Å². The number of hydrogen-bond acceptors (Lipinski definition) is 1. The molecule has 1 aliphatic rings. The lowest BCUT2D eigenvalue weighted by Gasteiger charge is -2.32. The molecule has 0 amide bonds. The zero-order chi connectivity index (χ0) is 28.5. The van der Waals surface area contributed by atoms with Gasteiger partial charge in [-0.25, -0.2) is 4.57 Å². The van der Waals surface area contributed by atoms with Crippen LogP contribution >= 0.6 is 0 Å². The number of nitrogens with zero attached hydrogens (tertiary/aromatic N) is 2. The molecule has 41 heavy (non-hydrogen) atoms. The van der Waals surface area contributed by atoms with Crippen molar-refractivity contribution < 1.29 is 4.57 Å². The second kappa shape index (κ2) is 14.1. The number of pyridine rings is 2. The maximum atomic E-state index is 4.24. The first kappa shape index (κ1) is 29.2. The highest BCUT2D eigenvalue weighted by Crippen LogP contribution is 2.55. The molecule has 2 heterocycles. The minimum Gasteiger partial charge on any atom is -0.265 e. The predicted molar refractivity (Wildman–Crippen MR) is 174 cm³/mol. The van der Waals surface area contributed by atoms with E-state index in [2.05, 4.69) is 103 Å². The third-order valence-electron chi connectivity index (χ3n) is 9.22. The van der Waals surface area contributed by atoms with E-state index in [4.69, 9.17) is 0 Å². The fraction of sp³-hybridized carbons (Fsp3) is 0.436. The van der Waals surface area contributed by atoms with E-state index in [1.54, 1.807) is 0 Å². The van der Waals surface area contributed by atoms with Gasteiger partial charge < -0.3 is 0 Å². The number of rotatable bonds is 15. The minimum atomic E-state index is 0.0679. The Morgan fingerprint density at radius 2 is 1.05 bits per heavy atom. The summed E-state index contributed by atoms with van der Waals surface area (Å²) in [7, 11) is 0. The molecular formula is C39H49N2+. The Hall–Kier alpha value is -3.26. The van der Waals surface area contributed by atoms with Gasteiger partial charge in [0.15, 0.2) is 12.4 Å². The van der Waals surface area contributed by atoms with Crippen LogP contribution in [0.4, 0.5) is 0 Å². The molecule has 1 aliphatic carbocycles. The van der Waals surface area contributed by atoms with Crippen molar-refractivity contribution in [3.63, 3.8) is 0 Å². The number of aryl methyl sites for hydroxylation is 1. The van der Waals surface area contributed by atoms with Gasteiger partial charge in [0.25, 0.3) is 0 Å². The van der Waals surface area contributed by atoms with Crippen LogP contribution in [0.5, 0.6) is 0 Å². The molecule has 0 saturated carbocycles. The maximum absolute atomic E-state index is 4.24. The molecule has 0 N–H and O–H groups in total. The molecule has 0 bridgehead atoms. The third kappa shape index (κ3) is 6.48. The second-order valence-electron chi connectivity index (χ2n) is 12.1. The average molecular weight is 546 g/mol. The average Bonchev–Trinajstić information content (AvgIpc) is 3.28. The summed E-state index contributed by atoms with van der Waals surface area (Å²) in [5.41, 5.74) is 11.1. The van der Waals surface area contributed by atoms with Crippen LogP contribution < -0.4 is 4.57 Å². The maximum Gasteiger partial charge on any atom is 0.169 e. The molecule has 0 atom stereocenters. The van der Waals surface area contributed by atoms with Crippen molar-refractivity contribution in [2.45, 2.75) is 110 Å². The predicted octanol–water partition coefficient (Wildman–Crippen LogP) is 10.7. The Morgan fingerprint density at radius 3 is 1.59 bits per heavy atom. The van der Waals surface area contributed by atoms with Gasteiger partial charge in [-0.15, -0.1) is 0 Å². The Balaban J connectivity index is 1.36. The Labute approximate surface area is 248 Å². The lowest BCUT2D eigenvalue weighted by Crippen LogP contribution is -2.32. The van der Waals surface area contributed by atoms with Crippen LogP contribution in [-0.2, 0) is 12.0 Å². The summed E-state index contributed by atoms with van der Waals surface area (Å²) in [5, 5.41) is 0. The van der Waals surface area contributed by atoms with Gasteiger partial charge in [0.1, 0.15) is 6.54 Å². The molecule has 2 heteroatoms. The first-order valence-corrected chi connectivity index (χ1v) is 16.4. The van der Waals surface area contributed by atoms with Gasteiger partial charge in [0.05, 0.1) is 0 Å². The Bertz CT molecular complexity index is 1380. The van der Waals surface area contributed by atoms with Crippen molar-refractivity contribution in [1.29, 1.82) is 0 Å². The summed E-state index contributed by atoms with van der Waals surface area (Å²) in [6.45, 7) is 8.09. The zero-order valence-corrected chi connectivity index (χ0v) is 25.7. The smallest absolute Gasteiger partial charge is 0.169 e. The van der Waals surface area contributed by atoms with E-state index >= 15 is 0 Å². The van der Waals surface area contributed by atoms with Crippen LogP contribution in [0.15, 0.2) is 85.5 Å². The fourth-order valence-corrected chi connectivity index (χ4v) is 7.14. The highest BCUT2D eigenvalue weighted by atomic mass is 14.9. The molecule has 4 aromatic rings. The van der Waals surface area contributed by atoms with Crippen LogP contribution in [0.1, 0.15) is 109 Å². The SMILES string of the molecule is CCCCCCCCCC[n+]1ccc(-c2ccc3c(c2)C(CCC)(CCC)c2cc(-c4ccncc4)ccc2-3)cc1. The van der Waals surface area contributed by atoms with Crippen molar-refractivity contribution in [3.05, 3.63) is 96.6 Å². The lowest BCUT2D eigenvalue weighted by atomic mass is 9.71. The van der Waals surface area contributed by atoms with Crippen LogP contribution in [0.2, 0.25) is 0 Å². The first-order valence-electron chi connectivity index (χ1n) is 16.4. The van der Waals surface area contributed by atoms with Crippen molar-refractivity contribution in [2.75, 3.05) is 0 Å². The molecule has 0 aliphatic heterocycles. The largest absolute Gasteiger partial charge is 0.265 e. The standard InChI is InChI=1S/C39H49N2/c1-4-7-8-9-10-11-12-13-26-41-27-20-32(21-28-41)34-15-17-36-35-16-14-33(31-18-24-40-25-19-31)29-37(35)39(22-5-2,23-6-3)38(36)30-34/h14-21,24-25,27-30H,4-13,22-23,26H2,1-3H3/q+1. The normalized spacial score (nSPS) is 13.2. The summed E-state index contributed by atoms with van der Waals surface area (Å²) in [5.74, 6) is 0. The van der Waals surface area contributed by atoms with Gasteiger partial charge >= 0.3 is 0 Å². The summed E-state index contributed by atoms with van der Waals surface area (Å²) < 4.78 is 2.36. The quantitative estimate of drug-likeness (QED) is 0.107. The van der Waals surface area contributed by atoms with Crippen molar-refractivity contribution >= 4 is 0 Å². The van der Waals surface area contributed by atoms with E-state index in [9.17, 15) is 0 Å². The molecule has 5 rings (SSSR count). The fourth-order valence-electron chi connectivity index (χ4n) is 7.14. The van der Waals surface area contributed by atoms with Crippen molar-refractivity contribution in [3.8, 4) is 33.4 Å². The number of aromatic nitrogens is 2. The van der Waals surface area contributed by atoms with Gasteiger partial charge in [0.2, 0.25) is 0 Å². The van der Waals surface area contributed by atoms with Gasteiger partial charge in [-0.2, -0.15) is 0 Å². The van der Waals surface area contributed by atoms with Crippen LogP contribution in [-0.4, -0.2) is 4.98 Å². The van der Waals surface area contributed by atoms with Crippen LogP contribution in [0, 0.1) is 0 Å². The Kier molecular flexibility index (Phi) is 10.0. The molecule has 2 nitrogen and oxygen atoms in total. The molecule has 0 unspecified atom stereocenters. The number of hydrogen-bond donors (Lipinski definition) is 0. The van der Waals surface area contributed by atoms with E-state index in [1.165, 1.54) is 122 Å². The molecule has 0 spiro atoms. The highest BCUT2D eigenvalue weighted by Gasteiger charge is 2.42. The first-order chi connectivity index (χ1) is 20.2. The molecule has 2 aromatic carbocycles. The van der Waals surface area contributed by atoms with E-state index in [0.29, 0.717) is 0 Å². The number of fused-ring (bicyclic) bond motifs is 3. The van der Waals surface area contributed by atoms with Crippen molar-refractivity contribution in [2.24, 2.45) is 0 Å². The summed E-state index contributed by atoms with van der Waals surface area (Å²) >= 11 is 0. The number of benzene rings is 2. The summed E-state index contributed by atoms with van der Waals surface area (Å²) in [4.78, 5) is 4.24. The molecule has 0 fully saturated rings. The molecule has 214 valence electrons. The molecule has 0 saturated heterocycles. The topological polar surface area (TPSA) is 16.8 Å². The van der Waals surface area contributed by atoms with Crippen LogP contribution in [0.25, 0.3) is 33.4 Å². The highest BCUT2D eigenvalue weighted by molar-refractivity contribution is 5.86. The van der Waals surface area contributed by atoms with E-state index in [0.717, 1.165) is 6.54 Å². The summed E-state index contributed by atoms with van der Waals surface area (Å²) in [6, 6.07) is 23.3. The number of unbranched alkanes of at least 4 members (excludes halogenated alkanes) is 7. The van der Waals surface area contributed by atoms with E-state index in [-0.39, 0.29) is 5.41 Å². The van der Waals surface area contributed by atoms with Gasteiger partial charge in [-0.3, -0.25) is 4.98 Å². The summed E-state index contributed by atoms with van der Waals surface area (Å²) in [6.07, 6.45) is 24.0. The monoisotopic (exact) mass is 545 g/mol. The molecule has 2 aromatic heterocycles. The van der Waals surface area contributed by atoms with E-state index in [1.807, 2.05) is 12.4 Å². The molecular weight excluding hydrogens is 496 g/mol. The minimum absolute atomic E-state index is 0.0679. The zero-order valence-electron chi connectivity index (χ0n) is 25.7. The van der Waals surface area contributed by atoms with Gasteiger partial charge in [-0.1, -0.05) is 96.4 Å². The van der Waals surface area contributed by atoms with E-state index < -0.39 is 0 Å². The molecule has 0 radical (unpaired) electrons.